The van der Waals surface area contributed by atoms with E-state index in [4.69, 9.17) is 10.4 Å². The fourth-order valence-electron chi connectivity index (χ4n) is 0.953. The van der Waals surface area contributed by atoms with Gasteiger partial charge in [-0.25, -0.2) is 4.79 Å². The van der Waals surface area contributed by atoms with Gasteiger partial charge in [0.25, 0.3) is 0 Å². The summed E-state index contributed by atoms with van der Waals surface area (Å²) in [6.45, 7) is 9.98. The van der Waals surface area contributed by atoms with Crippen LogP contribution in [0.15, 0.2) is 85.5 Å². The van der Waals surface area contributed by atoms with Crippen LogP contribution in [0.25, 0.3) is 6.08 Å². The molecule has 1 N–H and O–H groups in total. The van der Waals surface area contributed by atoms with Crippen LogP contribution in [0.2, 0.25) is 0 Å². The molecule has 23 heavy (non-hydrogen) atoms. The molecule has 0 aromatic heterocycles. The molecule has 0 aliphatic carbocycles. The molecule has 120 valence electrons. The molecule has 0 atom stereocenters. The second-order valence-electron chi connectivity index (χ2n) is 4.01. The summed E-state index contributed by atoms with van der Waals surface area (Å²) in [4.78, 5) is 9.86. The van der Waals surface area contributed by atoms with Crippen molar-refractivity contribution in [3.63, 3.8) is 0 Å². The minimum absolute atomic E-state index is 0.389. The van der Waals surface area contributed by atoms with E-state index >= 15 is 0 Å². The van der Waals surface area contributed by atoms with Crippen molar-refractivity contribution in [3.05, 3.63) is 91.1 Å². The van der Waals surface area contributed by atoms with Crippen molar-refractivity contribution >= 4 is 12.0 Å². The summed E-state index contributed by atoms with van der Waals surface area (Å²) in [5.41, 5.74) is 1.53. The fraction of sp³-hybridized carbons (Fsp3) is 0.100. The van der Waals surface area contributed by atoms with Crippen LogP contribution in [0.5, 0.6) is 0 Å². The Hall–Kier alpha value is -3.12. The average molecular weight is 309 g/mol. The molecule has 3 heteroatoms. The highest BCUT2D eigenvalue weighted by Gasteiger charge is 1.93. The molecule has 1 rings (SSSR count). The highest BCUT2D eigenvalue weighted by atomic mass is 16.4. The molecule has 0 aliphatic rings. The third kappa shape index (κ3) is 16.8. The number of carboxylic acid groups (broad SMARTS) is 1. The minimum Gasteiger partial charge on any atom is -0.478 e. The van der Waals surface area contributed by atoms with Gasteiger partial charge in [-0.15, -0.1) is 0 Å². The average Bonchev–Trinajstić information content (AvgIpc) is 2.59. The Labute approximate surface area is 138 Å². The number of nitriles is 1. The van der Waals surface area contributed by atoms with Gasteiger partial charge in [0.1, 0.15) is 0 Å². The van der Waals surface area contributed by atoms with Crippen LogP contribution in [0.1, 0.15) is 19.4 Å². The number of hydrogen-bond acceptors (Lipinski definition) is 2. The third-order valence-corrected chi connectivity index (χ3v) is 2.31. The Bertz CT molecular complexity index is 582. The van der Waals surface area contributed by atoms with Gasteiger partial charge in [-0.1, -0.05) is 79.9 Å². The van der Waals surface area contributed by atoms with Gasteiger partial charge in [0.15, 0.2) is 0 Å². The Morgan fingerprint density at radius 3 is 2.09 bits per heavy atom. The van der Waals surface area contributed by atoms with Gasteiger partial charge in [-0.2, -0.15) is 5.26 Å². The molecule has 0 heterocycles. The van der Waals surface area contributed by atoms with Crippen molar-refractivity contribution in [3.8, 4) is 6.07 Å². The molecule has 0 unspecified atom stereocenters. The predicted molar refractivity (Wildman–Crippen MR) is 97.7 cm³/mol. The van der Waals surface area contributed by atoms with E-state index in [1.807, 2.05) is 48.6 Å². The SMILES string of the molecule is C=CC=C.CC=C(C)C(=O)O.N#CC=CC=Cc1ccccc1. The van der Waals surface area contributed by atoms with Crippen LogP contribution in [0.4, 0.5) is 0 Å². The molecule has 0 bridgehead atoms. The van der Waals surface area contributed by atoms with E-state index in [0.717, 1.165) is 5.56 Å². The van der Waals surface area contributed by atoms with E-state index in [0.29, 0.717) is 5.57 Å². The summed E-state index contributed by atoms with van der Waals surface area (Å²) >= 11 is 0. The van der Waals surface area contributed by atoms with Gasteiger partial charge in [0.05, 0.1) is 6.07 Å². The first kappa shape index (κ1) is 22.2. The second kappa shape index (κ2) is 16.9. The van der Waals surface area contributed by atoms with Crippen LogP contribution in [0.3, 0.4) is 0 Å². The molecular formula is C20H23NO2. The molecule has 0 saturated heterocycles. The first-order chi connectivity index (χ1) is 11.0. The van der Waals surface area contributed by atoms with Gasteiger partial charge in [-0.05, 0) is 19.4 Å². The zero-order chi connectivity index (χ0) is 17.9. The minimum atomic E-state index is -0.845. The molecular weight excluding hydrogens is 286 g/mol. The quantitative estimate of drug-likeness (QED) is 0.474. The number of hydrogen-bond donors (Lipinski definition) is 1. The van der Waals surface area contributed by atoms with Crippen LogP contribution in [-0.2, 0) is 4.79 Å². The number of rotatable bonds is 4. The maximum Gasteiger partial charge on any atom is 0.330 e. The maximum absolute atomic E-state index is 9.86. The molecule has 0 radical (unpaired) electrons. The Balaban J connectivity index is 0. The standard InChI is InChI=1S/C11H9N.C5H8O2.C4H6/c12-10-6-2-5-9-11-7-3-1-4-8-11;1-3-4(2)5(6)7;1-3-4-2/h1-9H;3H,1-2H3,(H,6,7);3-4H,1-2H2. The monoisotopic (exact) mass is 309 g/mol. The highest BCUT2D eigenvalue weighted by molar-refractivity contribution is 5.85. The Morgan fingerprint density at radius 2 is 1.74 bits per heavy atom. The number of carboxylic acids is 1. The van der Waals surface area contributed by atoms with Gasteiger partial charge in [0.2, 0.25) is 0 Å². The molecule has 1 aromatic carbocycles. The molecule has 3 nitrogen and oxygen atoms in total. The number of allylic oxidation sites excluding steroid dienone is 6. The van der Waals surface area contributed by atoms with Crippen molar-refractivity contribution in [1.29, 1.82) is 5.26 Å². The lowest BCUT2D eigenvalue weighted by Crippen LogP contribution is -1.93. The lowest BCUT2D eigenvalue weighted by atomic mass is 10.2. The molecule has 0 spiro atoms. The first-order valence-electron chi connectivity index (χ1n) is 6.91. The van der Waals surface area contributed by atoms with Crippen LogP contribution >= 0.6 is 0 Å². The van der Waals surface area contributed by atoms with E-state index in [9.17, 15) is 4.79 Å². The summed E-state index contributed by atoms with van der Waals surface area (Å²) < 4.78 is 0. The number of benzene rings is 1. The van der Waals surface area contributed by atoms with Crippen LogP contribution < -0.4 is 0 Å². The lowest BCUT2D eigenvalue weighted by molar-refractivity contribution is -0.132. The Kier molecular flexibility index (Phi) is 16.3. The van der Waals surface area contributed by atoms with Crippen molar-refractivity contribution in [2.75, 3.05) is 0 Å². The van der Waals surface area contributed by atoms with Gasteiger partial charge in [-0.3, -0.25) is 0 Å². The van der Waals surface area contributed by atoms with E-state index in [1.54, 1.807) is 38.2 Å². The van der Waals surface area contributed by atoms with Crippen molar-refractivity contribution in [1.82, 2.24) is 0 Å². The second-order valence-corrected chi connectivity index (χ2v) is 4.01. The van der Waals surface area contributed by atoms with E-state index in [2.05, 4.69) is 13.2 Å². The largest absolute Gasteiger partial charge is 0.478 e. The summed E-state index contributed by atoms with van der Waals surface area (Å²) in [5.74, 6) is -0.845. The molecule has 0 fully saturated rings. The summed E-state index contributed by atoms with van der Waals surface area (Å²) in [7, 11) is 0. The maximum atomic E-state index is 9.86. The van der Waals surface area contributed by atoms with Crippen molar-refractivity contribution in [2.45, 2.75) is 13.8 Å². The van der Waals surface area contributed by atoms with Crippen LogP contribution in [0, 0.1) is 11.3 Å². The number of nitrogens with zero attached hydrogens (tertiary/aromatic N) is 1. The predicted octanol–water partition coefficient (Wildman–Crippen LogP) is 5.18. The van der Waals surface area contributed by atoms with Crippen molar-refractivity contribution in [2.24, 2.45) is 0 Å². The van der Waals surface area contributed by atoms with Crippen molar-refractivity contribution < 1.29 is 9.90 Å². The zero-order valence-corrected chi connectivity index (χ0v) is 13.6. The highest BCUT2D eigenvalue weighted by Crippen LogP contribution is 2.00. The van der Waals surface area contributed by atoms with E-state index in [1.165, 1.54) is 6.08 Å². The smallest absolute Gasteiger partial charge is 0.330 e. The first-order valence-corrected chi connectivity index (χ1v) is 6.91. The number of aliphatic carboxylic acids is 1. The van der Waals surface area contributed by atoms with Crippen LogP contribution in [-0.4, -0.2) is 11.1 Å². The Morgan fingerprint density at radius 1 is 1.17 bits per heavy atom. The summed E-state index contributed by atoms with van der Waals surface area (Å²) in [5, 5.41) is 16.3. The molecule has 0 amide bonds. The lowest BCUT2D eigenvalue weighted by Gasteiger charge is -1.87. The summed E-state index contributed by atoms with van der Waals surface area (Å²) in [6, 6.07) is 11.9. The summed E-state index contributed by atoms with van der Waals surface area (Å²) in [6.07, 6.45) is 11.8. The molecule has 1 aromatic rings. The number of carbonyl (C=O) groups is 1. The third-order valence-electron chi connectivity index (χ3n) is 2.31. The van der Waals surface area contributed by atoms with Gasteiger partial charge in [0, 0.05) is 11.6 Å². The molecule has 0 saturated carbocycles. The molecule has 0 aliphatic heterocycles. The topological polar surface area (TPSA) is 61.1 Å². The van der Waals surface area contributed by atoms with Gasteiger partial charge < -0.3 is 5.11 Å². The zero-order valence-electron chi connectivity index (χ0n) is 13.6. The fourth-order valence-corrected chi connectivity index (χ4v) is 0.953. The van der Waals surface area contributed by atoms with Gasteiger partial charge >= 0.3 is 5.97 Å². The normalized spacial score (nSPS) is 9.87. The van der Waals surface area contributed by atoms with E-state index < -0.39 is 5.97 Å². The van der Waals surface area contributed by atoms with E-state index in [-0.39, 0.29) is 0 Å².